The van der Waals surface area contributed by atoms with Crippen LogP contribution in [-0.2, 0) is 22.5 Å². The summed E-state index contributed by atoms with van der Waals surface area (Å²) in [4.78, 5) is 23.4. The number of rotatable bonds is 10. The van der Waals surface area contributed by atoms with Gasteiger partial charge in [0.1, 0.15) is 11.6 Å². The van der Waals surface area contributed by atoms with Crippen LogP contribution in [0.1, 0.15) is 30.9 Å². The molecule has 0 bridgehead atoms. The van der Waals surface area contributed by atoms with E-state index in [1.165, 1.54) is 12.5 Å². The minimum atomic E-state index is -0.0427. The predicted molar refractivity (Wildman–Crippen MR) is 151 cm³/mol. The van der Waals surface area contributed by atoms with Gasteiger partial charge in [-0.25, -0.2) is 9.97 Å². The number of hydrogen-bond donors (Lipinski definition) is 3. The van der Waals surface area contributed by atoms with Crippen LogP contribution < -0.4 is 16.0 Å². The summed E-state index contributed by atoms with van der Waals surface area (Å²) in [6, 6.07) is 18.2. The molecule has 1 fully saturated rings. The van der Waals surface area contributed by atoms with E-state index < -0.39 is 0 Å². The number of likely N-dealkylation sites (tertiary alicyclic amines) is 1. The van der Waals surface area contributed by atoms with E-state index in [-0.39, 0.29) is 18.1 Å². The van der Waals surface area contributed by atoms with Gasteiger partial charge >= 0.3 is 0 Å². The first-order valence-corrected chi connectivity index (χ1v) is 13.7. The van der Waals surface area contributed by atoms with E-state index in [2.05, 4.69) is 26.9 Å². The molecule has 1 atom stereocenters. The number of fused-ring (bicyclic) bond motifs is 1. The lowest BCUT2D eigenvalue weighted by Crippen LogP contribution is -2.38. The number of piperidine rings is 1. The van der Waals surface area contributed by atoms with Gasteiger partial charge in [-0.3, -0.25) is 9.69 Å². The molecule has 200 valence electrons. The van der Waals surface area contributed by atoms with E-state index in [1.54, 1.807) is 0 Å². The lowest BCUT2D eigenvalue weighted by atomic mass is 10.1. The minimum absolute atomic E-state index is 0.0427. The molecule has 2 aromatic carbocycles. The number of anilines is 2. The average molecular weight is 535 g/mol. The van der Waals surface area contributed by atoms with E-state index in [9.17, 15) is 4.79 Å². The Kier molecular flexibility index (Phi) is 8.73. The van der Waals surface area contributed by atoms with Gasteiger partial charge in [-0.2, -0.15) is 0 Å². The number of ether oxygens (including phenoxy) is 1. The van der Waals surface area contributed by atoms with Crippen molar-refractivity contribution in [1.29, 1.82) is 0 Å². The Balaban J connectivity index is 1.16. The molecule has 1 unspecified atom stereocenters. The molecule has 0 saturated carbocycles. The fourth-order valence-electron chi connectivity index (χ4n) is 5.05. The number of carbonyl (C=O) groups excluding carboxylic acids is 1. The van der Waals surface area contributed by atoms with Gasteiger partial charge in [0.05, 0.1) is 18.8 Å². The van der Waals surface area contributed by atoms with Crippen LogP contribution in [0.2, 0.25) is 5.02 Å². The van der Waals surface area contributed by atoms with E-state index >= 15 is 0 Å². The number of benzene rings is 2. The number of carbonyl (C=O) groups is 1. The minimum Gasteiger partial charge on any atom is -0.376 e. The van der Waals surface area contributed by atoms with Crippen LogP contribution in [0.15, 0.2) is 54.6 Å². The number of nitrogens with one attached hydrogen (secondary N) is 3. The molecule has 1 saturated heterocycles. The Morgan fingerprint density at radius 3 is 2.68 bits per heavy atom. The van der Waals surface area contributed by atoms with Crippen LogP contribution in [0.4, 0.5) is 11.6 Å². The summed E-state index contributed by atoms with van der Waals surface area (Å²) in [6.45, 7) is 6.23. The smallest absolute Gasteiger partial charge is 0.216 e. The zero-order valence-electron chi connectivity index (χ0n) is 21.8. The van der Waals surface area contributed by atoms with Crippen molar-refractivity contribution in [3.63, 3.8) is 0 Å². The standard InChI is InChI=1S/C29H35ClN6O2/c1-20(37)31-12-13-32-28-26-17-24(33-29(26)35-27(34-28)22-7-3-2-4-8-22)19-38-25-10-14-36(15-11-25)18-21-6-5-9-23(30)16-21/h2-9,16,24-25H,10-15,17-19H2,1H3,(H,31,37)(H2,32,33,34,35). The van der Waals surface area contributed by atoms with Crippen LogP contribution in [0.5, 0.6) is 0 Å². The van der Waals surface area contributed by atoms with Gasteiger partial charge in [0, 0.05) is 62.2 Å². The maximum Gasteiger partial charge on any atom is 0.216 e. The monoisotopic (exact) mass is 534 g/mol. The quantitative estimate of drug-likeness (QED) is 0.333. The van der Waals surface area contributed by atoms with Crippen LogP contribution >= 0.6 is 11.6 Å². The highest BCUT2D eigenvalue weighted by Gasteiger charge is 2.28. The molecule has 38 heavy (non-hydrogen) atoms. The second-order valence-electron chi connectivity index (χ2n) is 9.98. The fraction of sp³-hybridized carbons (Fsp3) is 0.414. The number of nitrogens with zero attached hydrogens (tertiary/aromatic N) is 3. The van der Waals surface area contributed by atoms with Gasteiger partial charge in [-0.15, -0.1) is 0 Å². The molecule has 2 aliphatic heterocycles. The largest absolute Gasteiger partial charge is 0.376 e. The molecule has 1 amide bonds. The molecule has 9 heteroatoms. The number of halogens is 1. The van der Waals surface area contributed by atoms with Crippen LogP contribution in [0, 0.1) is 0 Å². The second-order valence-corrected chi connectivity index (χ2v) is 10.4. The summed E-state index contributed by atoms with van der Waals surface area (Å²) in [5.41, 5.74) is 3.28. The van der Waals surface area contributed by atoms with Gasteiger partial charge in [0.15, 0.2) is 5.82 Å². The number of aromatic nitrogens is 2. The Hall–Kier alpha value is -3.20. The van der Waals surface area contributed by atoms with Gasteiger partial charge in [-0.05, 0) is 30.5 Å². The lowest BCUT2D eigenvalue weighted by Gasteiger charge is -2.32. The molecule has 0 radical (unpaired) electrons. The van der Waals surface area contributed by atoms with Crippen molar-refractivity contribution in [1.82, 2.24) is 20.2 Å². The zero-order valence-corrected chi connectivity index (χ0v) is 22.5. The summed E-state index contributed by atoms with van der Waals surface area (Å²) in [7, 11) is 0. The highest BCUT2D eigenvalue weighted by Crippen LogP contribution is 2.32. The third-order valence-electron chi connectivity index (χ3n) is 6.98. The second kappa shape index (κ2) is 12.6. The van der Waals surface area contributed by atoms with Gasteiger partial charge in [-0.1, -0.05) is 54.1 Å². The van der Waals surface area contributed by atoms with E-state index in [0.717, 1.165) is 66.7 Å². The van der Waals surface area contributed by atoms with Crippen molar-refractivity contribution < 1.29 is 9.53 Å². The van der Waals surface area contributed by atoms with Crippen LogP contribution in [0.25, 0.3) is 11.4 Å². The third-order valence-corrected chi connectivity index (χ3v) is 7.22. The Morgan fingerprint density at radius 2 is 1.92 bits per heavy atom. The molecule has 0 aliphatic carbocycles. The van der Waals surface area contributed by atoms with Crippen molar-refractivity contribution in [3.05, 3.63) is 70.7 Å². The van der Waals surface area contributed by atoms with Crippen molar-refractivity contribution in [2.45, 2.75) is 44.9 Å². The lowest BCUT2D eigenvalue weighted by molar-refractivity contribution is -0.118. The summed E-state index contributed by atoms with van der Waals surface area (Å²) < 4.78 is 6.37. The molecule has 3 aromatic rings. The molecule has 5 rings (SSSR count). The molecule has 3 N–H and O–H groups in total. The van der Waals surface area contributed by atoms with Crippen LogP contribution in [-0.4, -0.2) is 65.7 Å². The summed E-state index contributed by atoms with van der Waals surface area (Å²) >= 11 is 6.14. The molecule has 2 aliphatic rings. The topological polar surface area (TPSA) is 91.4 Å². The highest BCUT2D eigenvalue weighted by atomic mass is 35.5. The molecule has 1 aromatic heterocycles. The summed E-state index contributed by atoms with van der Waals surface area (Å²) in [5.74, 6) is 2.29. The SMILES string of the molecule is CC(=O)NCCNc1nc(-c2ccccc2)nc2c1CC(COC1CCN(Cc3cccc(Cl)c3)CC1)N2. The third kappa shape index (κ3) is 7.01. The Morgan fingerprint density at radius 1 is 1.11 bits per heavy atom. The van der Waals surface area contributed by atoms with Crippen molar-refractivity contribution >= 4 is 29.1 Å². The maximum atomic E-state index is 11.2. The van der Waals surface area contributed by atoms with E-state index in [0.29, 0.717) is 25.5 Å². The Bertz CT molecular complexity index is 1230. The molecular formula is C29H35ClN6O2. The van der Waals surface area contributed by atoms with E-state index in [4.69, 9.17) is 26.3 Å². The van der Waals surface area contributed by atoms with Gasteiger partial charge < -0.3 is 20.7 Å². The highest BCUT2D eigenvalue weighted by molar-refractivity contribution is 6.30. The van der Waals surface area contributed by atoms with Crippen molar-refractivity contribution in [2.24, 2.45) is 0 Å². The number of amides is 1. The van der Waals surface area contributed by atoms with Crippen molar-refractivity contribution in [2.75, 3.05) is 43.4 Å². The molecule has 3 heterocycles. The normalized spacial score (nSPS) is 17.6. The first-order valence-electron chi connectivity index (χ1n) is 13.3. The zero-order chi connectivity index (χ0) is 26.3. The number of hydrogen-bond acceptors (Lipinski definition) is 7. The maximum absolute atomic E-state index is 11.2. The molecular weight excluding hydrogens is 500 g/mol. The van der Waals surface area contributed by atoms with Crippen molar-refractivity contribution in [3.8, 4) is 11.4 Å². The summed E-state index contributed by atoms with van der Waals surface area (Å²) in [6.07, 6.45) is 3.10. The first kappa shape index (κ1) is 26.4. The summed E-state index contributed by atoms with van der Waals surface area (Å²) in [5, 5.41) is 10.6. The Labute approximate surface area is 229 Å². The van der Waals surface area contributed by atoms with E-state index in [1.807, 2.05) is 48.5 Å². The first-order chi connectivity index (χ1) is 18.5. The van der Waals surface area contributed by atoms with Gasteiger partial charge in [0.25, 0.3) is 0 Å². The predicted octanol–water partition coefficient (Wildman–Crippen LogP) is 4.36. The van der Waals surface area contributed by atoms with Crippen LogP contribution in [0.3, 0.4) is 0 Å². The van der Waals surface area contributed by atoms with Gasteiger partial charge in [0.2, 0.25) is 5.91 Å². The molecule has 8 nitrogen and oxygen atoms in total. The molecule has 0 spiro atoms. The fourth-order valence-corrected chi connectivity index (χ4v) is 5.26. The average Bonchev–Trinajstić information content (AvgIpc) is 3.34.